The average Bonchev–Trinajstić information content (AvgIpc) is 2.72. The highest BCUT2D eigenvalue weighted by Gasteiger charge is 2.37. The second-order valence-electron chi connectivity index (χ2n) is 7.81. The van der Waals surface area contributed by atoms with Crippen LogP contribution in [0.25, 0.3) is 11.1 Å². The smallest absolute Gasteiger partial charge is 0.203 e. The molecule has 0 saturated carbocycles. The molecule has 0 amide bonds. The molecular formula is C23H30O7. The molecule has 3 rings (SSSR count). The molecular weight excluding hydrogens is 388 g/mol. The summed E-state index contributed by atoms with van der Waals surface area (Å²) >= 11 is 0. The molecule has 0 bridgehead atoms. The van der Waals surface area contributed by atoms with Gasteiger partial charge in [-0.2, -0.15) is 0 Å². The summed E-state index contributed by atoms with van der Waals surface area (Å²) in [7, 11) is 7.62. The van der Waals surface area contributed by atoms with Crippen molar-refractivity contribution in [3.05, 3.63) is 23.3 Å². The maximum atomic E-state index is 11.2. The third-order valence-corrected chi connectivity index (χ3v) is 6.02. The molecule has 0 unspecified atom stereocenters. The van der Waals surface area contributed by atoms with E-state index in [1.165, 1.54) is 28.4 Å². The highest BCUT2D eigenvalue weighted by atomic mass is 16.5. The van der Waals surface area contributed by atoms with Crippen molar-refractivity contribution in [3.8, 4) is 45.6 Å². The second-order valence-corrected chi connectivity index (χ2v) is 7.81. The van der Waals surface area contributed by atoms with Crippen LogP contribution in [-0.4, -0.2) is 51.4 Å². The number of phenols is 1. The van der Waals surface area contributed by atoms with Gasteiger partial charge in [-0.05, 0) is 42.5 Å². The third-order valence-electron chi connectivity index (χ3n) is 6.02. The Balaban J connectivity index is 2.51. The van der Waals surface area contributed by atoms with E-state index in [0.717, 1.165) is 11.1 Å². The van der Waals surface area contributed by atoms with Crippen LogP contribution in [0, 0.1) is 5.92 Å². The van der Waals surface area contributed by atoms with Gasteiger partial charge in [-0.1, -0.05) is 6.92 Å². The van der Waals surface area contributed by atoms with Crippen molar-refractivity contribution >= 4 is 0 Å². The lowest BCUT2D eigenvalue weighted by Gasteiger charge is -2.35. The molecule has 2 atom stereocenters. The van der Waals surface area contributed by atoms with Crippen LogP contribution in [0.4, 0.5) is 0 Å². The zero-order valence-electron chi connectivity index (χ0n) is 18.6. The van der Waals surface area contributed by atoms with E-state index in [2.05, 4.69) is 0 Å². The highest BCUT2D eigenvalue weighted by molar-refractivity contribution is 5.88. The minimum atomic E-state index is -1.00. The summed E-state index contributed by atoms with van der Waals surface area (Å²) in [6, 6.07) is 3.66. The van der Waals surface area contributed by atoms with Crippen molar-refractivity contribution in [1.82, 2.24) is 0 Å². The van der Waals surface area contributed by atoms with Crippen LogP contribution in [0.1, 0.15) is 25.0 Å². The number of aromatic hydroxyl groups is 1. The van der Waals surface area contributed by atoms with Gasteiger partial charge in [-0.15, -0.1) is 0 Å². The van der Waals surface area contributed by atoms with Crippen LogP contribution in [0.15, 0.2) is 12.1 Å². The molecule has 1 aliphatic rings. The Morgan fingerprint density at radius 2 is 1.33 bits per heavy atom. The SMILES string of the molecule is COc1cc2c(c(O)c1OC)-c1c(cc(OC)c(OC)c1OC)C[C@](C)(O)[C@@H](C)C2. The quantitative estimate of drug-likeness (QED) is 0.767. The molecule has 7 heteroatoms. The first-order valence-electron chi connectivity index (χ1n) is 9.75. The summed E-state index contributed by atoms with van der Waals surface area (Å²) in [5.74, 6) is 1.82. The zero-order chi connectivity index (χ0) is 22.2. The van der Waals surface area contributed by atoms with Gasteiger partial charge in [0.1, 0.15) is 0 Å². The molecule has 0 radical (unpaired) electrons. The van der Waals surface area contributed by atoms with Crippen LogP contribution >= 0.6 is 0 Å². The number of fused-ring (bicyclic) bond motifs is 3. The Kier molecular flexibility index (Phi) is 5.94. The fourth-order valence-corrected chi connectivity index (χ4v) is 4.20. The fraction of sp³-hybridized carbons (Fsp3) is 0.478. The Morgan fingerprint density at radius 3 is 1.87 bits per heavy atom. The number of rotatable bonds is 5. The molecule has 164 valence electrons. The van der Waals surface area contributed by atoms with Gasteiger partial charge in [-0.3, -0.25) is 0 Å². The van der Waals surface area contributed by atoms with Gasteiger partial charge in [-0.25, -0.2) is 0 Å². The fourth-order valence-electron chi connectivity index (χ4n) is 4.20. The van der Waals surface area contributed by atoms with Crippen LogP contribution in [0.3, 0.4) is 0 Å². The monoisotopic (exact) mass is 418 g/mol. The maximum absolute atomic E-state index is 11.2. The van der Waals surface area contributed by atoms with Crippen molar-refractivity contribution in [2.45, 2.75) is 32.3 Å². The molecule has 7 nitrogen and oxygen atoms in total. The first-order valence-corrected chi connectivity index (χ1v) is 9.75. The number of aliphatic hydroxyl groups is 1. The topological polar surface area (TPSA) is 86.6 Å². The Labute approximate surface area is 177 Å². The van der Waals surface area contributed by atoms with Gasteiger partial charge >= 0.3 is 0 Å². The Bertz CT molecular complexity index is 950. The molecule has 2 aromatic carbocycles. The van der Waals surface area contributed by atoms with Gasteiger partial charge < -0.3 is 33.9 Å². The van der Waals surface area contributed by atoms with Crippen LogP contribution < -0.4 is 23.7 Å². The van der Waals surface area contributed by atoms with Crippen molar-refractivity contribution in [1.29, 1.82) is 0 Å². The lowest BCUT2D eigenvalue weighted by molar-refractivity contribution is 0.00628. The number of ether oxygens (including phenoxy) is 5. The zero-order valence-corrected chi connectivity index (χ0v) is 18.6. The summed E-state index contributed by atoms with van der Waals surface area (Å²) in [5.41, 5.74) is 1.78. The maximum Gasteiger partial charge on any atom is 0.203 e. The van der Waals surface area contributed by atoms with E-state index in [4.69, 9.17) is 23.7 Å². The van der Waals surface area contributed by atoms with E-state index in [1.807, 2.05) is 26.0 Å². The number of benzene rings is 2. The van der Waals surface area contributed by atoms with Crippen LogP contribution in [-0.2, 0) is 12.8 Å². The molecule has 2 N–H and O–H groups in total. The predicted molar refractivity (Wildman–Crippen MR) is 113 cm³/mol. The van der Waals surface area contributed by atoms with Gasteiger partial charge in [0.25, 0.3) is 0 Å². The molecule has 0 fully saturated rings. The molecule has 0 spiro atoms. The van der Waals surface area contributed by atoms with E-state index >= 15 is 0 Å². The van der Waals surface area contributed by atoms with E-state index in [0.29, 0.717) is 47.0 Å². The third kappa shape index (κ3) is 3.37. The Morgan fingerprint density at radius 1 is 0.800 bits per heavy atom. The largest absolute Gasteiger partial charge is 0.504 e. The molecule has 0 heterocycles. The second kappa shape index (κ2) is 8.14. The average molecular weight is 418 g/mol. The van der Waals surface area contributed by atoms with Crippen LogP contribution in [0.2, 0.25) is 0 Å². The summed E-state index contributed by atoms with van der Waals surface area (Å²) in [6.07, 6.45) is 0.862. The molecule has 0 aliphatic heterocycles. The number of methoxy groups -OCH3 is 5. The van der Waals surface area contributed by atoms with E-state index in [-0.39, 0.29) is 17.4 Å². The number of hydrogen-bond acceptors (Lipinski definition) is 7. The minimum Gasteiger partial charge on any atom is -0.504 e. The number of phenolic OH excluding ortho intramolecular Hbond substituents is 1. The van der Waals surface area contributed by atoms with Crippen molar-refractivity contribution in [3.63, 3.8) is 0 Å². The first kappa shape index (κ1) is 21.9. The first-order chi connectivity index (χ1) is 14.2. The van der Waals surface area contributed by atoms with Gasteiger partial charge in [0.2, 0.25) is 11.5 Å². The normalized spacial score (nSPS) is 20.3. The molecule has 0 aromatic heterocycles. The van der Waals surface area contributed by atoms with Crippen molar-refractivity contribution in [2.75, 3.05) is 35.5 Å². The highest BCUT2D eigenvalue weighted by Crippen LogP contribution is 2.55. The van der Waals surface area contributed by atoms with E-state index < -0.39 is 5.60 Å². The number of hydrogen-bond donors (Lipinski definition) is 2. The minimum absolute atomic E-state index is 0.0487. The van der Waals surface area contributed by atoms with Gasteiger partial charge in [0.15, 0.2) is 23.0 Å². The molecule has 0 saturated heterocycles. The van der Waals surface area contributed by atoms with E-state index in [1.54, 1.807) is 7.11 Å². The summed E-state index contributed by atoms with van der Waals surface area (Å²) in [6.45, 7) is 3.80. The molecule has 1 aliphatic carbocycles. The Hall–Kier alpha value is -2.80. The molecule has 30 heavy (non-hydrogen) atoms. The molecule has 2 aromatic rings. The van der Waals surface area contributed by atoms with Crippen molar-refractivity contribution in [2.24, 2.45) is 5.92 Å². The van der Waals surface area contributed by atoms with Gasteiger partial charge in [0.05, 0.1) is 41.2 Å². The summed E-state index contributed by atoms with van der Waals surface area (Å²) < 4.78 is 27.7. The summed E-state index contributed by atoms with van der Waals surface area (Å²) in [5, 5.41) is 22.5. The lowest BCUT2D eigenvalue weighted by Crippen LogP contribution is -2.37. The van der Waals surface area contributed by atoms with E-state index in [9.17, 15) is 10.2 Å². The standard InChI is InChI=1S/C23H30O7/c1-12-8-13-9-15(26-3)20(28-5)19(24)17(13)18-14(11-23(12,2)25)10-16(27-4)21(29-6)22(18)30-7/h9-10,12,24-25H,8,11H2,1-7H3/t12-,23-/m0/s1. The lowest BCUT2D eigenvalue weighted by atomic mass is 9.75. The predicted octanol–water partition coefficient (Wildman–Crippen LogP) is 3.59. The van der Waals surface area contributed by atoms with Crippen molar-refractivity contribution < 1.29 is 33.9 Å². The van der Waals surface area contributed by atoms with Gasteiger partial charge in [0, 0.05) is 17.5 Å². The van der Waals surface area contributed by atoms with Crippen LogP contribution in [0.5, 0.6) is 34.5 Å². The summed E-state index contributed by atoms with van der Waals surface area (Å²) in [4.78, 5) is 0.